The van der Waals surface area contributed by atoms with E-state index in [4.69, 9.17) is 4.74 Å². The smallest absolute Gasteiger partial charge is 0.358 e. The monoisotopic (exact) mass is 318 g/mol. The summed E-state index contributed by atoms with van der Waals surface area (Å²) in [7, 11) is 0. The first-order valence-electron chi connectivity index (χ1n) is 7.11. The van der Waals surface area contributed by atoms with Gasteiger partial charge < -0.3 is 10.1 Å². The predicted molar refractivity (Wildman–Crippen MR) is 85.7 cm³/mol. The minimum absolute atomic E-state index is 0.221. The lowest BCUT2D eigenvalue weighted by molar-refractivity contribution is -0.129. The molecule has 1 aromatic carbocycles. The Morgan fingerprint density at radius 2 is 2.05 bits per heavy atom. The van der Waals surface area contributed by atoms with Gasteiger partial charge in [-0.15, -0.1) is 11.3 Å². The molecule has 1 heterocycles. The number of nitrogens with zero attached hydrogens (tertiary/aromatic N) is 1. The highest BCUT2D eigenvalue weighted by atomic mass is 32.1. The van der Waals surface area contributed by atoms with E-state index in [1.54, 1.807) is 12.3 Å². The molecule has 0 fully saturated rings. The first-order chi connectivity index (χ1) is 10.6. The van der Waals surface area contributed by atoms with Crippen LogP contribution in [0.4, 0.5) is 0 Å². The Kier molecular flexibility index (Phi) is 5.66. The summed E-state index contributed by atoms with van der Waals surface area (Å²) in [5.74, 6) is -0.883. The van der Waals surface area contributed by atoms with Crippen LogP contribution in [0.2, 0.25) is 0 Å². The molecule has 0 bridgehead atoms. The van der Waals surface area contributed by atoms with Crippen molar-refractivity contribution in [1.29, 1.82) is 0 Å². The quantitative estimate of drug-likeness (QED) is 0.832. The molecule has 22 heavy (non-hydrogen) atoms. The molecule has 0 aliphatic carbocycles. The van der Waals surface area contributed by atoms with E-state index in [1.165, 1.54) is 11.3 Å². The van der Waals surface area contributed by atoms with Gasteiger partial charge in [0.2, 0.25) is 0 Å². The minimum atomic E-state index is -0.832. The number of amides is 1. The van der Waals surface area contributed by atoms with Crippen molar-refractivity contribution >= 4 is 23.2 Å². The van der Waals surface area contributed by atoms with E-state index in [2.05, 4.69) is 10.3 Å². The van der Waals surface area contributed by atoms with Crippen molar-refractivity contribution in [2.75, 3.05) is 6.54 Å². The van der Waals surface area contributed by atoms with Crippen molar-refractivity contribution < 1.29 is 14.3 Å². The summed E-state index contributed by atoms with van der Waals surface area (Å²) in [6.07, 6.45) is -0.000207. The van der Waals surface area contributed by atoms with Gasteiger partial charge in [0.1, 0.15) is 5.01 Å². The van der Waals surface area contributed by atoms with Gasteiger partial charge in [-0.3, -0.25) is 4.79 Å². The van der Waals surface area contributed by atoms with Crippen molar-refractivity contribution in [2.45, 2.75) is 26.4 Å². The molecule has 6 heteroatoms. The van der Waals surface area contributed by atoms with E-state index in [1.807, 2.05) is 37.3 Å². The van der Waals surface area contributed by atoms with E-state index in [9.17, 15) is 9.59 Å². The van der Waals surface area contributed by atoms with E-state index in [0.717, 1.165) is 17.0 Å². The number of carbonyl (C=O) groups excluding carboxylic acids is 2. The van der Waals surface area contributed by atoms with Crippen molar-refractivity contribution in [3.63, 3.8) is 0 Å². The third-order valence-corrected chi connectivity index (χ3v) is 3.83. The molecule has 0 aliphatic heterocycles. The lowest BCUT2D eigenvalue weighted by Crippen LogP contribution is -2.36. The Morgan fingerprint density at radius 1 is 1.32 bits per heavy atom. The molecular formula is C16H18N2O3S. The number of aromatic nitrogens is 1. The number of thiazole rings is 1. The summed E-state index contributed by atoms with van der Waals surface area (Å²) in [6, 6.07) is 9.59. The minimum Gasteiger partial charge on any atom is -0.448 e. The number of benzene rings is 1. The normalized spacial score (nSPS) is 11.7. The highest BCUT2D eigenvalue weighted by molar-refractivity contribution is 7.13. The Labute approximate surface area is 133 Å². The van der Waals surface area contributed by atoms with Gasteiger partial charge in [-0.25, -0.2) is 9.78 Å². The van der Waals surface area contributed by atoms with Crippen molar-refractivity contribution in [1.82, 2.24) is 10.3 Å². The van der Waals surface area contributed by atoms with Gasteiger partial charge in [-0.05, 0) is 13.3 Å². The largest absolute Gasteiger partial charge is 0.448 e. The average molecular weight is 318 g/mol. The highest BCUT2D eigenvalue weighted by Gasteiger charge is 2.20. The van der Waals surface area contributed by atoms with E-state index < -0.39 is 12.1 Å². The predicted octanol–water partition coefficient (Wildman–Crippen LogP) is 2.88. The Bertz CT molecular complexity index is 640. The Morgan fingerprint density at radius 3 is 2.73 bits per heavy atom. The lowest BCUT2D eigenvalue weighted by atomic mass is 10.2. The van der Waals surface area contributed by atoms with E-state index in [0.29, 0.717) is 6.54 Å². The van der Waals surface area contributed by atoms with E-state index in [-0.39, 0.29) is 11.6 Å². The zero-order valence-electron chi connectivity index (χ0n) is 12.5. The second kappa shape index (κ2) is 7.70. The summed E-state index contributed by atoms with van der Waals surface area (Å²) in [5, 5.41) is 5.07. The van der Waals surface area contributed by atoms with Crippen LogP contribution in [0, 0.1) is 0 Å². The summed E-state index contributed by atoms with van der Waals surface area (Å²) in [4.78, 5) is 28.0. The molecule has 5 nitrogen and oxygen atoms in total. The number of hydrogen-bond acceptors (Lipinski definition) is 5. The number of nitrogens with one attached hydrogen (secondary N) is 1. The average Bonchev–Trinajstić information content (AvgIpc) is 3.03. The van der Waals surface area contributed by atoms with Crippen LogP contribution in [0.3, 0.4) is 0 Å². The Balaban J connectivity index is 1.99. The van der Waals surface area contributed by atoms with Gasteiger partial charge in [0.25, 0.3) is 5.91 Å². The summed E-state index contributed by atoms with van der Waals surface area (Å²) in [6.45, 7) is 4.07. The van der Waals surface area contributed by atoms with Gasteiger partial charge in [0.05, 0.1) is 0 Å². The molecule has 1 N–H and O–H groups in total. The molecule has 1 unspecified atom stereocenters. The second-order valence-corrected chi connectivity index (χ2v) is 5.60. The maximum Gasteiger partial charge on any atom is 0.358 e. The summed E-state index contributed by atoms with van der Waals surface area (Å²) < 4.78 is 5.14. The van der Waals surface area contributed by atoms with Crippen LogP contribution in [0.15, 0.2) is 35.7 Å². The zero-order valence-corrected chi connectivity index (χ0v) is 13.4. The fourth-order valence-electron chi connectivity index (χ4n) is 1.75. The molecule has 0 radical (unpaired) electrons. The molecule has 1 aromatic heterocycles. The number of esters is 1. The lowest BCUT2D eigenvalue weighted by Gasteiger charge is -2.12. The van der Waals surface area contributed by atoms with Crippen LogP contribution in [-0.2, 0) is 9.53 Å². The van der Waals surface area contributed by atoms with Crippen molar-refractivity contribution in [2.24, 2.45) is 0 Å². The van der Waals surface area contributed by atoms with E-state index >= 15 is 0 Å². The van der Waals surface area contributed by atoms with Gasteiger partial charge in [0, 0.05) is 17.5 Å². The third-order valence-electron chi connectivity index (χ3n) is 2.94. The van der Waals surface area contributed by atoms with Crippen LogP contribution in [0.5, 0.6) is 0 Å². The maximum absolute atomic E-state index is 12.0. The number of carbonyl (C=O) groups is 2. The van der Waals surface area contributed by atoms with Crippen LogP contribution >= 0.6 is 11.3 Å². The first kappa shape index (κ1) is 16.2. The van der Waals surface area contributed by atoms with Gasteiger partial charge in [0.15, 0.2) is 11.8 Å². The molecule has 0 saturated carbocycles. The number of hydrogen-bond donors (Lipinski definition) is 1. The van der Waals surface area contributed by atoms with Gasteiger partial charge in [-0.2, -0.15) is 0 Å². The molecule has 0 spiro atoms. The maximum atomic E-state index is 12.0. The van der Waals surface area contributed by atoms with Crippen molar-refractivity contribution in [3.05, 3.63) is 41.4 Å². The molecule has 2 rings (SSSR count). The van der Waals surface area contributed by atoms with Crippen LogP contribution in [0.1, 0.15) is 30.8 Å². The topological polar surface area (TPSA) is 68.3 Å². The van der Waals surface area contributed by atoms with Crippen LogP contribution in [-0.4, -0.2) is 29.5 Å². The number of ether oxygens (including phenoxy) is 1. The van der Waals surface area contributed by atoms with Crippen molar-refractivity contribution in [3.8, 4) is 10.6 Å². The fourth-order valence-corrected chi connectivity index (χ4v) is 2.54. The standard InChI is InChI=1S/C16H18N2O3S/c1-3-9-17-14(19)11(2)21-16(20)13-10-22-15(18-13)12-7-5-4-6-8-12/h4-8,10-11H,3,9H2,1-2H3,(H,17,19). The molecule has 1 atom stereocenters. The SMILES string of the molecule is CCCNC(=O)C(C)OC(=O)c1csc(-c2ccccc2)n1. The first-order valence-corrected chi connectivity index (χ1v) is 7.99. The number of rotatable bonds is 6. The van der Waals surface area contributed by atoms with Crippen LogP contribution in [0.25, 0.3) is 10.6 Å². The third kappa shape index (κ3) is 4.14. The van der Waals surface area contributed by atoms with Gasteiger partial charge in [-0.1, -0.05) is 37.3 Å². The van der Waals surface area contributed by atoms with Crippen LogP contribution < -0.4 is 5.32 Å². The second-order valence-electron chi connectivity index (χ2n) is 4.74. The summed E-state index contributed by atoms with van der Waals surface area (Å²) in [5.41, 5.74) is 1.17. The highest BCUT2D eigenvalue weighted by Crippen LogP contribution is 2.23. The molecule has 116 valence electrons. The molecule has 0 saturated heterocycles. The summed E-state index contributed by atoms with van der Waals surface area (Å²) >= 11 is 1.37. The molecule has 0 aliphatic rings. The molecule has 2 aromatic rings. The zero-order chi connectivity index (χ0) is 15.9. The fraction of sp³-hybridized carbons (Fsp3) is 0.312. The molecular weight excluding hydrogens is 300 g/mol. The Hall–Kier alpha value is -2.21. The van der Waals surface area contributed by atoms with Gasteiger partial charge >= 0.3 is 5.97 Å². The molecule has 1 amide bonds.